The van der Waals surface area contributed by atoms with Crippen LogP contribution in [-0.2, 0) is 11.3 Å². The average Bonchev–Trinajstić information content (AvgIpc) is 3.07. The Hall–Kier alpha value is -2.80. The van der Waals surface area contributed by atoms with Gasteiger partial charge >= 0.3 is 0 Å². The maximum absolute atomic E-state index is 13.0. The number of methoxy groups -OCH3 is 2. The van der Waals surface area contributed by atoms with E-state index in [2.05, 4.69) is 17.1 Å². The second kappa shape index (κ2) is 10.8. The third-order valence-corrected chi connectivity index (χ3v) is 6.02. The zero-order chi connectivity index (χ0) is 21.3. The molecule has 1 heterocycles. The number of hydrogen-bond donors (Lipinski definition) is 0. The first kappa shape index (κ1) is 21.9. The van der Waals surface area contributed by atoms with Crippen molar-refractivity contribution < 1.29 is 14.3 Å². The fraction of sp³-hybridized carbons (Fsp3) is 0.348. The molecule has 0 spiro atoms. The van der Waals surface area contributed by atoms with E-state index in [4.69, 9.17) is 9.47 Å². The van der Waals surface area contributed by atoms with Crippen molar-refractivity contribution in [1.29, 1.82) is 0 Å². The Morgan fingerprint density at radius 3 is 2.57 bits per heavy atom. The summed E-state index contributed by atoms with van der Waals surface area (Å²) in [7, 11) is 3.19. The average molecular weight is 426 g/mol. The second-order valence-electron chi connectivity index (χ2n) is 6.90. The molecule has 1 aliphatic rings. The fourth-order valence-corrected chi connectivity index (χ4v) is 4.29. The van der Waals surface area contributed by atoms with Crippen molar-refractivity contribution in [2.75, 3.05) is 14.2 Å². The summed E-state index contributed by atoms with van der Waals surface area (Å²) >= 11 is 1.50. The minimum atomic E-state index is -0.0938. The molecule has 0 aliphatic carbocycles. The minimum Gasteiger partial charge on any atom is -0.493 e. The molecule has 0 saturated carbocycles. The molecule has 1 amide bonds. The summed E-state index contributed by atoms with van der Waals surface area (Å²) in [6.07, 6.45) is 4.58. The van der Waals surface area contributed by atoms with Crippen LogP contribution >= 0.6 is 11.8 Å². The van der Waals surface area contributed by atoms with Crippen LogP contribution in [0.2, 0.25) is 0 Å². The summed E-state index contributed by atoms with van der Waals surface area (Å²) in [5.41, 5.74) is 1.91. The van der Waals surface area contributed by atoms with Crippen LogP contribution in [-0.4, -0.2) is 41.7 Å². The zero-order valence-electron chi connectivity index (χ0n) is 17.6. The van der Waals surface area contributed by atoms with E-state index in [0.29, 0.717) is 23.2 Å². The van der Waals surface area contributed by atoms with Gasteiger partial charge < -0.3 is 9.47 Å². The van der Waals surface area contributed by atoms with Gasteiger partial charge in [0.1, 0.15) is 0 Å². The van der Waals surface area contributed by atoms with Crippen molar-refractivity contribution in [2.24, 2.45) is 10.2 Å². The molecule has 3 rings (SSSR count). The molecule has 1 fully saturated rings. The van der Waals surface area contributed by atoms with Gasteiger partial charge in [-0.1, -0.05) is 61.9 Å². The molecule has 6 nitrogen and oxygen atoms in total. The lowest BCUT2D eigenvalue weighted by atomic mass is 10.1. The minimum absolute atomic E-state index is 0.0938. The maximum Gasteiger partial charge on any atom is 0.242 e. The number of thioether (sulfide) groups is 1. The number of nitrogens with zero attached hydrogens (tertiary/aromatic N) is 3. The lowest BCUT2D eigenvalue weighted by molar-refractivity contribution is -0.126. The Kier molecular flexibility index (Phi) is 7.90. The predicted octanol–water partition coefficient (Wildman–Crippen LogP) is 4.73. The molecule has 0 aromatic heterocycles. The van der Waals surface area contributed by atoms with E-state index in [9.17, 15) is 4.79 Å². The van der Waals surface area contributed by atoms with Crippen molar-refractivity contribution in [1.82, 2.24) is 4.90 Å². The highest BCUT2D eigenvalue weighted by Gasteiger charge is 2.37. The number of benzene rings is 2. The summed E-state index contributed by atoms with van der Waals surface area (Å²) in [4.78, 5) is 14.7. The summed E-state index contributed by atoms with van der Waals surface area (Å²) in [5, 5.41) is 9.18. The Labute approximate surface area is 182 Å². The first-order valence-electron chi connectivity index (χ1n) is 10.0. The highest BCUT2D eigenvalue weighted by Crippen LogP contribution is 2.32. The van der Waals surface area contributed by atoms with Gasteiger partial charge in [0, 0.05) is 0 Å². The third kappa shape index (κ3) is 5.42. The number of ether oxygens (including phenoxy) is 2. The number of hydrogen-bond acceptors (Lipinski definition) is 6. The number of amides is 1. The second-order valence-corrected chi connectivity index (χ2v) is 8.07. The first-order chi connectivity index (χ1) is 14.7. The SMILES string of the molecule is CCCC[C@H]1S/C(=N/N=C\c2ccc(OC)c(OC)c2)N(Cc2ccccc2)C1=O. The van der Waals surface area contributed by atoms with E-state index in [1.165, 1.54) is 11.8 Å². The molecule has 1 atom stereocenters. The van der Waals surface area contributed by atoms with Crippen molar-refractivity contribution in [2.45, 2.75) is 38.0 Å². The molecule has 0 radical (unpaired) electrons. The lowest BCUT2D eigenvalue weighted by Crippen LogP contribution is -2.31. The van der Waals surface area contributed by atoms with Gasteiger partial charge in [0.15, 0.2) is 16.7 Å². The van der Waals surface area contributed by atoms with Crippen LogP contribution in [0.25, 0.3) is 0 Å². The topological polar surface area (TPSA) is 63.5 Å². The highest BCUT2D eigenvalue weighted by atomic mass is 32.2. The molecule has 2 aromatic carbocycles. The van der Waals surface area contributed by atoms with Crippen LogP contribution in [0.15, 0.2) is 58.7 Å². The molecule has 1 aliphatic heterocycles. The molecule has 30 heavy (non-hydrogen) atoms. The molecule has 0 unspecified atom stereocenters. The summed E-state index contributed by atoms with van der Waals surface area (Å²) < 4.78 is 10.6. The molecular weight excluding hydrogens is 398 g/mol. The highest BCUT2D eigenvalue weighted by molar-refractivity contribution is 8.15. The van der Waals surface area contributed by atoms with Gasteiger partial charge in [0.2, 0.25) is 5.91 Å². The van der Waals surface area contributed by atoms with Crippen LogP contribution in [0.4, 0.5) is 0 Å². The molecule has 0 N–H and O–H groups in total. The number of carbonyl (C=O) groups is 1. The predicted molar refractivity (Wildman–Crippen MR) is 122 cm³/mol. The Morgan fingerprint density at radius 1 is 1.10 bits per heavy atom. The molecule has 2 aromatic rings. The Balaban J connectivity index is 1.80. The van der Waals surface area contributed by atoms with E-state index in [-0.39, 0.29) is 11.2 Å². The summed E-state index contributed by atoms with van der Waals surface area (Å²) in [6.45, 7) is 2.63. The first-order valence-corrected chi connectivity index (χ1v) is 10.9. The molecule has 0 bridgehead atoms. The summed E-state index contributed by atoms with van der Waals surface area (Å²) in [5.74, 6) is 1.40. The van der Waals surface area contributed by atoms with Gasteiger partial charge in [-0.2, -0.15) is 5.10 Å². The lowest BCUT2D eigenvalue weighted by Gasteiger charge is -2.15. The van der Waals surface area contributed by atoms with Crippen molar-refractivity contribution in [3.05, 3.63) is 59.7 Å². The van der Waals surface area contributed by atoms with Crippen molar-refractivity contribution in [3.8, 4) is 11.5 Å². The van der Waals surface area contributed by atoms with Crippen molar-refractivity contribution in [3.63, 3.8) is 0 Å². The standard InChI is InChI=1S/C23H27N3O3S/c1-4-5-11-21-22(27)26(16-17-9-7-6-8-10-17)23(30-21)25-24-15-18-12-13-19(28-2)20(14-18)29-3/h6-10,12-15,21H,4-5,11,16H2,1-3H3/b24-15-,25-23+/t21-/m1/s1. The Morgan fingerprint density at radius 2 is 1.87 bits per heavy atom. The zero-order valence-corrected chi connectivity index (χ0v) is 18.4. The van der Waals surface area contributed by atoms with Crippen LogP contribution in [0.1, 0.15) is 37.3 Å². The van der Waals surface area contributed by atoms with Crippen LogP contribution in [0.3, 0.4) is 0 Å². The maximum atomic E-state index is 13.0. The summed E-state index contributed by atoms with van der Waals surface area (Å²) in [6, 6.07) is 15.5. The van der Waals surface area contributed by atoms with Gasteiger partial charge in [-0.25, -0.2) is 0 Å². The van der Waals surface area contributed by atoms with E-state index >= 15 is 0 Å². The van der Waals surface area contributed by atoms with Gasteiger partial charge in [-0.15, -0.1) is 5.10 Å². The van der Waals surface area contributed by atoms with E-state index in [1.54, 1.807) is 25.3 Å². The molecular formula is C23H27N3O3S. The molecule has 158 valence electrons. The molecule has 1 saturated heterocycles. The smallest absolute Gasteiger partial charge is 0.242 e. The van der Waals surface area contributed by atoms with E-state index < -0.39 is 0 Å². The third-order valence-electron chi connectivity index (χ3n) is 4.78. The number of amidine groups is 1. The van der Waals surface area contributed by atoms with Crippen LogP contribution in [0, 0.1) is 0 Å². The fourth-order valence-electron chi connectivity index (χ4n) is 3.15. The number of carbonyl (C=O) groups excluding carboxylic acids is 1. The Bertz CT molecular complexity index is 915. The van der Waals surface area contributed by atoms with Crippen molar-refractivity contribution >= 4 is 29.1 Å². The van der Waals surface area contributed by atoms with Gasteiger partial charge in [0.05, 0.1) is 32.2 Å². The number of unbranched alkanes of at least 4 members (excludes halogenated alkanes) is 1. The normalized spacial score (nSPS) is 17.8. The quantitative estimate of drug-likeness (QED) is 0.430. The number of rotatable bonds is 9. The monoisotopic (exact) mass is 425 g/mol. The van der Waals surface area contributed by atoms with Crippen LogP contribution in [0.5, 0.6) is 11.5 Å². The molecule has 7 heteroatoms. The van der Waals surface area contributed by atoms with Gasteiger partial charge in [-0.3, -0.25) is 9.69 Å². The van der Waals surface area contributed by atoms with E-state index in [1.807, 2.05) is 48.5 Å². The van der Waals surface area contributed by atoms with Gasteiger partial charge in [-0.05, 0) is 35.7 Å². The van der Waals surface area contributed by atoms with Gasteiger partial charge in [0.25, 0.3) is 0 Å². The van der Waals surface area contributed by atoms with Crippen LogP contribution < -0.4 is 9.47 Å². The largest absolute Gasteiger partial charge is 0.493 e. The van der Waals surface area contributed by atoms with E-state index in [0.717, 1.165) is 30.4 Å².